The number of amides is 3. The molecule has 0 saturated carbocycles. The van der Waals surface area contributed by atoms with Crippen LogP contribution in [-0.4, -0.2) is 71.9 Å². The molecule has 4 rings (SSSR count). The zero-order chi connectivity index (χ0) is 22.3. The average molecular weight is 441 g/mol. The molecule has 3 saturated heterocycles. The third-order valence-corrected chi connectivity index (χ3v) is 7.60. The number of carbonyl (C=O) groups is 2. The Morgan fingerprint density at radius 2 is 1.59 bits per heavy atom. The fourth-order valence-corrected chi connectivity index (χ4v) is 5.57. The summed E-state index contributed by atoms with van der Waals surface area (Å²) in [6, 6.07) is 8.57. The number of hydrogen-bond acceptors (Lipinski definition) is 3. The molecular formula is C26H40N4O2. The van der Waals surface area contributed by atoms with Crippen LogP contribution < -0.4 is 5.32 Å². The van der Waals surface area contributed by atoms with Crippen molar-refractivity contribution in [1.82, 2.24) is 14.7 Å². The van der Waals surface area contributed by atoms with Crippen LogP contribution in [0.25, 0.3) is 0 Å². The molecule has 3 amide bonds. The number of anilines is 1. The first kappa shape index (κ1) is 23.1. The highest BCUT2D eigenvalue weighted by molar-refractivity contribution is 5.89. The quantitative estimate of drug-likeness (QED) is 0.734. The Morgan fingerprint density at radius 1 is 0.875 bits per heavy atom. The number of benzene rings is 1. The lowest BCUT2D eigenvalue weighted by molar-refractivity contribution is -0.133. The van der Waals surface area contributed by atoms with Crippen LogP contribution in [-0.2, 0) is 4.79 Å². The second-order valence-corrected chi connectivity index (χ2v) is 10.00. The molecule has 1 atom stereocenters. The van der Waals surface area contributed by atoms with E-state index in [1.165, 1.54) is 37.9 Å². The monoisotopic (exact) mass is 440 g/mol. The fraction of sp³-hybridized carbons (Fsp3) is 0.692. The molecule has 6 nitrogen and oxygen atoms in total. The lowest BCUT2D eigenvalue weighted by atomic mass is 9.93. The number of rotatable bonds is 5. The lowest BCUT2D eigenvalue weighted by Crippen LogP contribution is -2.48. The van der Waals surface area contributed by atoms with Crippen LogP contribution in [0.2, 0.25) is 0 Å². The third kappa shape index (κ3) is 6.25. The standard InChI is InChI=1S/C26H40N4O2/c1-21-7-10-23(11-8-21)27-26(32)30-17-5-6-22(20-30)9-12-25(31)29-18-13-24(14-19-29)28-15-3-2-4-16-28/h7-8,10-11,22,24H,2-6,9,12-20H2,1H3,(H,27,32). The maximum atomic E-state index is 12.8. The van der Waals surface area contributed by atoms with Gasteiger partial charge in [0.2, 0.25) is 5.91 Å². The molecule has 1 N–H and O–H groups in total. The second-order valence-electron chi connectivity index (χ2n) is 10.00. The molecule has 1 unspecified atom stereocenters. The van der Waals surface area contributed by atoms with E-state index in [4.69, 9.17) is 0 Å². The van der Waals surface area contributed by atoms with E-state index in [0.29, 0.717) is 24.3 Å². The van der Waals surface area contributed by atoms with Gasteiger partial charge in [-0.1, -0.05) is 24.1 Å². The maximum absolute atomic E-state index is 12.8. The summed E-state index contributed by atoms with van der Waals surface area (Å²) in [6.45, 7) is 7.90. The maximum Gasteiger partial charge on any atom is 0.321 e. The van der Waals surface area contributed by atoms with Crippen LogP contribution in [0.5, 0.6) is 0 Å². The number of piperidine rings is 3. The summed E-state index contributed by atoms with van der Waals surface area (Å²) in [5, 5.41) is 3.01. The summed E-state index contributed by atoms with van der Waals surface area (Å²) in [5.41, 5.74) is 2.02. The van der Waals surface area contributed by atoms with Gasteiger partial charge in [0.1, 0.15) is 0 Å². The SMILES string of the molecule is Cc1ccc(NC(=O)N2CCCC(CCC(=O)N3CCC(N4CCCCC4)CC3)C2)cc1. The number of urea groups is 1. The first-order chi connectivity index (χ1) is 15.6. The van der Waals surface area contributed by atoms with Gasteiger partial charge in [-0.15, -0.1) is 0 Å². The largest absolute Gasteiger partial charge is 0.343 e. The topological polar surface area (TPSA) is 55.9 Å². The molecule has 0 spiro atoms. The van der Waals surface area contributed by atoms with Crippen LogP contribution in [0, 0.1) is 12.8 Å². The van der Waals surface area contributed by atoms with E-state index in [9.17, 15) is 9.59 Å². The molecule has 176 valence electrons. The van der Waals surface area contributed by atoms with E-state index >= 15 is 0 Å². The minimum atomic E-state index is -0.0235. The summed E-state index contributed by atoms with van der Waals surface area (Å²) in [6.07, 6.45) is 9.93. The number of carbonyl (C=O) groups excluding carboxylic acids is 2. The molecule has 6 heteroatoms. The van der Waals surface area contributed by atoms with Gasteiger partial charge in [-0.2, -0.15) is 0 Å². The Balaban J connectivity index is 1.18. The second kappa shape index (κ2) is 11.2. The molecule has 0 aromatic heterocycles. The Morgan fingerprint density at radius 3 is 2.31 bits per heavy atom. The third-order valence-electron chi connectivity index (χ3n) is 7.60. The number of likely N-dealkylation sites (tertiary alicyclic amines) is 3. The van der Waals surface area contributed by atoms with E-state index in [1.807, 2.05) is 36.1 Å². The van der Waals surface area contributed by atoms with Crippen molar-refractivity contribution in [1.29, 1.82) is 0 Å². The first-order valence-electron chi connectivity index (χ1n) is 12.7. The highest BCUT2D eigenvalue weighted by Crippen LogP contribution is 2.24. The van der Waals surface area contributed by atoms with Gasteiger partial charge in [0, 0.05) is 44.3 Å². The number of nitrogens with one attached hydrogen (secondary N) is 1. The van der Waals surface area contributed by atoms with Gasteiger partial charge in [-0.05, 0) is 83.0 Å². The van der Waals surface area contributed by atoms with Gasteiger partial charge in [0.15, 0.2) is 0 Å². The summed E-state index contributed by atoms with van der Waals surface area (Å²) in [4.78, 5) is 32.2. The van der Waals surface area contributed by atoms with Crippen LogP contribution in [0.1, 0.15) is 63.4 Å². The Kier molecular flexibility index (Phi) is 8.06. The molecule has 1 aromatic carbocycles. The Labute approximate surface area is 193 Å². The van der Waals surface area contributed by atoms with E-state index in [0.717, 1.165) is 64.0 Å². The van der Waals surface area contributed by atoms with Crippen LogP contribution in [0.3, 0.4) is 0 Å². The van der Waals surface area contributed by atoms with Gasteiger partial charge >= 0.3 is 6.03 Å². The van der Waals surface area contributed by atoms with Gasteiger partial charge in [0.05, 0.1) is 0 Å². The van der Waals surface area contributed by atoms with E-state index in [2.05, 4.69) is 15.1 Å². The molecule has 3 heterocycles. The molecular weight excluding hydrogens is 400 g/mol. The van der Waals surface area contributed by atoms with Crippen molar-refractivity contribution in [3.63, 3.8) is 0 Å². The van der Waals surface area contributed by atoms with Crippen molar-refractivity contribution in [3.05, 3.63) is 29.8 Å². The molecule has 3 fully saturated rings. The fourth-order valence-electron chi connectivity index (χ4n) is 5.57. The Bertz CT molecular complexity index is 752. The zero-order valence-electron chi connectivity index (χ0n) is 19.7. The summed E-state index contributed by atoms with van der Waals surface area (Å²) < 4.78 is 0. The van der Waals surface area contributed by atoms with Gasteiger partial charge < -0.3 is 20.0 Å². The lowest BCUT2D eigenvalue weighted by Gasteiger charge is -2.40. The van der Waals surface area contributed by atoms with Crippen LogP contribution in [0.4, 0.5) is 10.5 Å². The highest BCUT2D eigenvalue weighted by Gasteiger charge is 2.29. The van der Waals surface area contributed by atoms with Crippen molar-refractivity contribution in [3.8, 4) is 0 Å². The van der Waals surface area contributed by atoms with Gasteiger partial charge in [-0.3, -0.25) is 4.79 Å². The molecule has 3 aliphatic heterocycles. The van der Waals surface area contributed by atoms with E-state index in [1.54, 1.807) is 0 Å². The molecule has 0 radical (unpaired) electrons. The van der Waals surface area contributed by atoms with Gasteiger partial charge in [-0.25, -0.2) is 4.79 Å². The van der Waals surface area contributed by atoms with Crippen molar-refractivity contribution in [2.75, 3.05) is 44.6 Å². The number of hydrogen-bond donors (Lipinski definition) is 1. The molecule has 3 aliphatic rings. The molecule has 1 aromatic rings. The summed E-state index contributed by atoms with van der Waals surface area (Å²) in [5.74, 6) is 0.727. The average Bonchev–Trinajstić information content (AvgIpc) is 2.85. The van der Waals surface area contributed by atoms with Crippen molar-refractivity contribution in [2.45, 2.75) is 70.8 Å². The minimum Gasteiger partial charge on any atom is -0.343 e. The molecule has 0 bridgehead atoms. The summed E-state index contributed by atoms with van der Waals surface area (Å²) >= 11 is 0. The molecule has 32 heavy (non-hydrogen) atoms. The molecule has 0 aliphatic carbocycles. The van der Waals surface area contributed by atoms with Crippen molar-refractivity contribution in [2.24, 2.45) is 5.92 Å². The van der Waals surface area contributed by atoms with Crippen molar-refractivity contribution < 1.29 is 9.59 Å². The number of aryl methyl sites for hydroxylation is 1. The normalized spacial score (nSPS) is 23.2. The summed E-state index contributed by atoms with van der Waals surface area (Å²) in [7, 11) is 0. The zero-order valence-corrected chi connectivity index (χ0v) is 19.7. The Hall–Kier alpha value is -2.08. The predicted molar refractivity (Wildman–Crippen MR) is 129 cm³/mol. The number of nitrogens with zero attached hydrogens (tertiary/aromatic N) is 3. The van der Waals surface area contributed by atoms with Crippen LogP contribution >= 0.6 is 0 Å². The first-order valence-corrected chi connectivity index (χ1v) is 12.7. The highest BCUT2D eigenvalue weighted by atomic mass is 16.2. The van der Waals surface area contributed by atoms with Gasteiger partial charge in [0.25, 0.3) is 0 Å². The smallest absolute Gasteiger partial charge is 0.321 e. The van der Waals surface area contributed by atoms with Crippen molar-refractivity contribution >= 4 is 17.6 Å². The minimum absolute atomic E-state index is 0.0235. The predicted octanol–water partition coefficient (Wildman–Crippen LogP) is 4.50. The van der Waals surface area contributed by atoms with E-state index < -0.39 is 0 Å². The van der Waals surface area contributed by atoms with Crippen LogP contribution in [0.15, 0.2) is 24.3 Å². The van der Waals surface area contributed by atoms with E-state index in [-0.39, 0.29) is 6.03 Å².